The molecule has 1 aliphatic heterocycles. The first-order valence-corrected chi connectivity index (χ1v) is 19.4. The zero-order chi connectivity index (χ0) is 36.5. The maximum absolute atomic E-state index is 14.5. The molecule has 0 aromatic heterocycles. The minimum atomic E-state index is -3.46. The van der Waals surface area contributed by atoms with Crippen molar-refractivity contribution in [2.24, 2.45) is 28.6 Å². The van der Waals surface area contributed by atoms with Crippen LogP contribution >= 0.6 is 0 Å². The quantitative estimate of drug-likeness (QED) is 0.149. The van der Waals surface area contributed by atoms with Crippen LogP contribution < -0.4 is 21.3 Å². The lowest BCUT2D eigenvalue weighted by molar-refractivity contribution is -0.144. The van der Waals surface area contributed by atoms with Crippen LogP contribution in [0.1, 0.15) is 92.9 Å². The molecule has 4 aliphatic rings. The highest BCUT2D eigenvalue weighted by Crippen LogP contribution is 2.65. The van der Waals surface area contributed by atoms with Gasteiger partial charge >= 0.3 is 6.03 Å². The van der Waals surface area contributed by atoms with Crippen LogP contribution in [0.15, 0.2) is 12.7 Å². The summed E-state index contributed by atoms with van der Waals surface area (Å²) in [5, 5.41) is 10.8. The van der Waals surface area contributed by atoms with Crippen LogP contribution in [0.25, 0.3) is 0 Å². The van der Waals surface area contributed by atoms with Crippen LogP contribution in [0, 0.1) is 28.6 Å². The number of hydrogen-bond acceptors (Lipinski definition) is 7. The molecule has 3 aliphatic carbocycles. The Morgan fingerprint density at radius 3 is 2.18 bits per heavy atom. The van der Waals surface area contributed by atoms with Crippen molar-refractivity contribution in [2.75, 3.05) is 26.7 Å². The van der Waals surface area contributed by atoms with Crippen LogP contribution in [-0.2, 0) is 29.2 Å². The SMILES string of the molecule is C=CCNC(=O)C(=O)C(CC)NC(=O)[C@@H]1[C@@H]2[C@H](CN1C(=O)[C@@H](NC(=O)N[C@H](CN(C)S(=O)(=O)C1CC1)C(C)(C)C)C1CCCCC1)C2(C)C. The van der Waals surface area contributed by atoms with E-state index in [0.29, 0.717) is 19.4 Å². The zero-order valence-electron chi connectivity index (χ0n) is 30.3. The molecule has 14 heteroatoms. The monoisotopic (exact) mass is 706 g/mol. The number of urea groups is 1. The van der Waals surface area contributed by atoms with Gasteiger partial charge in [0.05, 0.1) is 11.3 Å². The number of Topliss-reactive ketones (excluding diaryl/α,β-unsaturated/α-hetero) is 1. The van der Waals surface area contributed by atoms with Gasteiger partial charge in [-0.1, -0.05) is 66.9 Å². The maximum Gasteiger partial charge on any atom is 0.315 e. The Hall–Kier alpha value is -3.00. The lowest BCUT2D eigenvalue weighted by Crippen LogP contribution is -2.61. The second-order valence-electron chi connectivity index (χ2n) is 16.2. The number of rotatable bonds is 15. The van der Waals surface area contributed by atoms with E-state index in [1.807, 2.05) is 20.8 Å². The third kappa shape index (κ3) is 8.66. The minimum Gasteiger partial charge on any atom is -0.346 e. The van der Waals surface area contributed by atoms with Gasteiger partial charge in [-0.2, -0.15) is 0 Å². The first kappa shape index (κ1) is 38.8. The maximum atomic E-state index is 14.5. The van der Waals surface area contributed by atoms with Gasteiger partial charge in [-0.25, -0.2) is 17.5 Å². The molecule has 1 unspecified atom stereocenters. The lowest BCUT2D eigenvalue weighted by atomic mass is 9.83. The van der Waals surface area contributed by atoms with Gasteiger partial charge in [-0.15, -0.1) is 6.58 Å². The van der Waals surface area contributed by atoms with Gasteiger partial charge in [0, 0.05) is 32.7 Å². The number of carbonyl (C=O) groups is 5. The molecule has 5 amide bonds. The molecule has 6 atom stereocenters. The molecule has 4 rings (SSSR count). The van der Waals surface area contributed by atoms with Crippen molar-refractivity contribution >= 4 is 39.6 Å². The summed E-state index contributed by atoms with van der Waals surface area (Å²) in [5.41, 5.74) is -0.681. The molecule has 0 spiro atoms. The van der Waals surface area contributed by atoms with Crippen molar-refractivity contribution in [3.8, 4) is 0 Å². The number of hydrogen-bond donors (Lipinski definition) is 4. The number of sulfonamides is 1. The summed E-state index contributed by atoms with van der Waals surface area (Å²) >= 11 is 0. The average Bonchev–Trinajstić information content (AvgIpc) is 3.94. The Kier molecular flexibility index (Phi) is 11.9. The largest absolute Gasteiger partial charge is 0.346 e. The van der Waals surface area contributed by atoms with E-state index in [9.17, 15) is 32.4 Å². The van der Waals surface area contributed by atoms with E-state index in [1.54, 1.807) is 11.8 Å². The van der Waals surface area contributed by atoms with E-state index in [-0.39, 0.29) is 53.8 Å². The third-order valence-corrected chi connectivity index (χ3v) is 13.6. The molecule has 0 radical (unpaired) electrons. The molecule has 4 N–H and O–H groups in total. The van der Waals surface area contributed by atoms with E-state index in [0.717, 1.165) is 32.1 Å². The molecular weight excluding hydrogens is 648 g/mol. The molecule has 276 valence electrons. The van der Waals surface area contributed by atoms with Crippen molar-refractivity contribution in [1.29, 1.82) is 0 Å². The number of nitrogens with one attached hydrogen (secondary N) is 4. The van der Waals surface area contributed by atoms with Crippen LogP contribution in [0.2, 0.25) is 0 Å². The first-order chi connectivity index (χ1) is 22.9. The fourth-order valence-corrected chi connectivity index (χ4v) is 9.32. The van der Waals surface area contributed by atoms with Crippen LogP contribution in [0.5, 0.6) is 0 Å². The number of amides is 5. The van der Waals surface area contributed by atoms with Crippen molar-refractivity contribution < 1.29 is 32.4 Å². The summed E-state index contributed by atoms with van der Waals surface area (Å²) in [5.74, 6) is -2.58. The summed E-state index contributed by atoms with van der Waals surface area (Å²) in [6, 6.07) is -3.90. The summed E-state index contributed by atoms with van der Waals surface area (Å²) in [6.07, 6.45) is 7.31. The molecule has 4 fully saturated rings. The van der Waals surface area contributed by atoms with E-state index >= 15 is 0 Å². The molecular formula is C35H58N6O7S. The highest BCUT2D eigenvalue weighted by atomic mass is 32.2. The molecule has 0 aromatic carbocycles. The van der Waals surface area contributed by atoms with Gasteiger partial charge in [0.1, 0.15) is 12.1 Å². The third-order valence-electron chi connectivity index (χ3n) is 11.3. The Labute approximate surface area is 292 Å². The summed E-state index contributed by atoms with van der Waals surface area (Å²) in [4.78, 5) is 69.1. The van der Waals surface area contributed by atoms with Crippen molar-refractivity contribution in [2.45, 2.75) is 122 Å². The Balaban J connectivity index is 1.53. The predicted octanol–water partition coefficient (Wildman–Crippen LogP) is 2.32. The second kappa shape index (κ2) is 15.1. The van der Waals surface area contributed by atoms with E-state index in [4.69, 9.17) is 0 Å². The Bertz CT molecular complexity index is 1400. The predicted molar refractivity (Wildman–Crippen MR) is 187 cm³/mol. The number of carbonyl (C=O) groups excluding carboxylic acids is 5. The van der Waals surface area contributed by atoms with Gasteiger partial charge in [0.2, 0.25) is 27.6 Å². The minimum absolute atomic E-state index is 0.0777. The zero-order valence-corrected chi connectivity index (χ0v) is 31.2. The number of likely N-dealkylation sites (N-methyl/N-ethyl adjacent to an activating group) is 1. The van der Waals surface area contributed by atoms with E-state index < -0.39 is 63.2 Å². The lowest BCUT2D eigenvalue weighted by Gasteiger charge is -2.38. The fourth-order valence-electron chi connectivity index (χ4n) is 7.72. The topological polar surface area (TPSA) is 174 Å². The molecule has 0 bridgehead atoms. The van der Waals surface area contributed by atoms with E-state index in [2.05, 4.69) is 41.7 Å². The second-order valence-corrected chi connectivity index (χ2v) is 18.5. The first-order valence-electron chi connectivity index (χ1n) is 17.9. The van der Waals surface area contributed by atoms with Gasteiger partial charge in [-0.05, 0) is 60.7 Å². The highest BCUT2D eigenvalue weighted by Gasteiger charge is 2.69. The van der Waals surface area contributed by atoms with Crippen LogP contribution in [-0.4, -0.2) is 103 Å². The van der Waals surface area contributed by atoms with Crippen molar-refractivity contribution in [1.82, 2.24) is 30.5 Å². The number of fused-ring (bicyclic) bond motifs is 1. The molecule has 1 saturated heterocycles. The molecule has 1 heterocycles. The number of nitrogens with zero attached hydrogens (tertiary/aromatic N) is 2. The molecule has 0 aromatic rings. The van der Waals surface area contributed by atoms with Crippen molar-refractivity contribution in [3.63, 3.8) is 0 Å². The average molecular weight is 707 g/mol. The Morgan fingerprint density at radius 1 is 1.00 bits per heavy atom. The van der Waals surface area contributed by atoms with E-state index in [1.165, 1.54) is 17.4 Å². The normalized spacial score (nSPS) is 25.4. The standard InChI is InChI=1S/C35H58N6O7S/c1-9-18-36-31(44)29(42)24(10-2)37-30(43)28-26-23(35(26,6)7)19-41(28)32(45)27(21-14-12-11-13-15-21)39-33(46)38-25(34(3,4)5)20-40(8)49(47,48)22-16-17-22/h9,21-28H,1,10-20H2,2-8H3,(H,36,44)(H,37,43)(H2,38,39,46)/t23-,24?,25+,26-,27-,28-/m0/s1. The summed E-state index contributed by atoms with van der Waals surface area (Å²) in [6.45, 7) is 15.7. The summed E-state index contributed by atoms with van der Waals surface area (Å²) in [7, 11) is -1.92. The molecule has 13 nitrogen and oxygen atoms in total. The van der Waals surface area contributed by atoms with Crippen LogP contribution in [0.3, 0.4) is 0 Å². The van der Waals surface area contributed by atoms with Gasteiger partial charge in [0.15, 0.2) is 0 Å². The van der Waals surface area contributed by atoms with Crippen LogP contribution in [0.4, 0.5) is 4.79 Å². The number of ketones is 1. The molecule has 49 heavy (non-hydrogen) atoms. The number of piperidine rings is 1. The van der Waals surface area contributed by atoms with Gasteiger partial charge in [-0.3, -0.25) is 19.2 Å². The number of likely N-dealkylation sites (tertiary alicyclic amines) is 1. The molecule has 3 saturated carbocycles. The fraction of sp³-hybridized carbons (Fsp3) is 0.800. The Morgan fingerprint density at radius 2 is 1.63 bits per heavy atom. The van der Waals surface area contributed by atoms with Gasteiger partial charge < -0.3 is 26.2 Å². The highest BCUT2D eigenvalue weighted by molar-refractivity contribution is 7.90. The smallest absolute Gasteiger partial charge is 0.315 e. The summed E-state index contributed by atoms with van der Waals surface area (Å²) < 4.78 is 27.1. The van der Waals surface area contributed by atoms with Gasteiger partial charge in [0.25, 0.3) is 5.91 Å². The van der Waals surface area contributed by atoms with Crippen molar-refractivity contribution in [3.05, 3.63) is 12.7 Å².